The van der Waals surface area contributed by atoms with Crippen molar-refractivity contribution < 1.29 is 9.53 Å². The predicted molar refractivity (Wildman–Crippen MR) is 114 cm³/mol. The molecule has 4 aromatic rings. The molecule has 0 aliphatic rings. The summed E-state index contributed by atoms with van der Waals surface area (Å²) >= 11 is 3.37. The summed E-state index contributed by atoms with van der Waals surface area (Å²) in [5.41, 5.74) is 4.75. The topological polar surface area (TPSA) is 44.1 Å². The van der Waals surface area contributed by atoms with Crippen LogP contribution in [0.25, 0.3) is 10.9 Å². The molecule has 0 saturated heterocycles. The lowest BCUT2D eigenvalue weighted by Crippen LogP contribution is -2.08. The Morgan fingerprint density at radius 1 is 1.07 bits per heavy atom. The number of nitrogens with zero attached hydrogens (tertiary/aromatic N) is 2. The Morgan fingerprint density at radius 3 is 2.68 bits per heavy atom. The van der Waals surface area contributed by atoms with Gasteiger partial charge in [-0.15, -0.1) is 0 Å². The Hall–Kier alpha value is -2.92. The van der Waals surface area contributed by atoms with Crippen LogP contribution in [-0.2, 0) is 17.7 Å². The van der Waals surface area contributed by atoms with E-state index in [1.807, 2.05) is 6.07 Å². The van der Waals surface area contributed by atoms with Crippen molar-refractivity contribution in [3.63, 3.8) is 0 Å². The molecule has 0 aliphatic carbocycles. The summed E-state index contributed by atoms with van der Waals surface area (Å²) in [5.74, 6) is -0.376. The maximum absolute atomic E-state index is 12.1. The highest BCUT2D eigenvalue weighted by Crippen LogP contribution is 2.23. The monoisotopic (exact) mass is 434 g/mol. The fourth-order valence-electron chi connectivity index (χ4n) is 3.37. The molecule has 4 nitrogen and oxygen atoms in total. The standard InChI is InChI=1S/C23H19BrN2O2/c1-28-23(27)20-13-19(24)14-25-21(20)12-17-7-8-22-18(11-17)9-10-26(22)15-16-5-3-2-4-6-16/h2-11,13-14H,12,15H2,1H3. The van der Waals surface area contributed by atoms with E-state index in [1.54, 1.807) is 12.3 Å². The molecule has 140 valence electrons. The molecule has 0 amide bonds. The number of hydrogen-bond donors (Lipinski definition) is 0. The second-order valence-corrected chi connectivity index (χ2v) is 7.55. The predicted octanol–water partition coefficient (Wildman–Crippen LogP) is 5.22. The molecule has 2 aromatic carbocycles. The highest BCUT2D eigenvalue weighted by Gasteiger charge is 2.15. The van der Waals surface area contributed by atoms with Gasteiger partial charge in [0.15, 0.2) is 0 Å². The first kappa shape index (κ1) is 18.4. The quantitative estimate of drug-likeness (QED) is 0.404. The SMILES string of the molecule is COC(=O)c1cc(Br)cnc1Cc1ccc2c(ccn2Cc2ccccc2)c1. The fourth-order valence-corrected chi connectivity index (χ4v) is 3.70. The lowest BCUT2D eigenvalue weighted by molar-refractivity contribution is 0.0599. The van der Waals surface area contributed by atoms with Gasteiger partial charge in [0.1, 0.15) is 0 Å². The molecule has 2 heterocycles. The van der Waals surface area contributed by atoms with Gasteiger partial charge < -0.3 is 9.30 Å². The highest BCUT2D eigenvalue weighted by atomic mass is 79.9. The number of esters is 1. The normalized spacial score (nSPS) is 10.9. The highest BCUT2D eigenvalue weighted by molar-refractivity contribution is 9.10. The zero-order valence-corrected chi connectivity index (χ0v) is 17.0. The van der Waals surface area contributed by atoms with Crippen LogP contribution in [0.2, 0.25) is 0 Å². The minimum Gasteiger partial charge on any atom is -0.465 e. The zero-order valence-electron chi connectivity index (χ0n) is 15.4. The van der Waals surface area contributed by atoms with Crippen molar-refractivity contribution in [2.45, 2.75) is 13.0 Å². The number of rotatable bonds is 5. The van der Waals surface area contributed by atoms with Crippen molar-refractivity contribution in [2.75, 3.05) is 7.11 Å². The third-order valence-electron chi connectivity index (χ3n) is 4.74. The number of aromatic nitrogens is 2. The summed E-state index contributed by atoms with van der Waals surface area (Å²) in [4.78, 5) is 16.5. The zero-order chi connectivity index (χ0) is 19.5. The second-order valence-electron chi connectivity index (χ2n) is 6.64. The van der Waals surface area contributed by atoms with Crippen molar-refractivity contribution >= 4 is 32.8 Å². The van der Waals surface area contributed by atoms with Crippen LogP contribution in [-0.4, -0.2) is 22.6 Å². The number of carbonyl (C=O) groups excluding carboxylic acids is 1. The van der Waals surface area contributed by atoms with E-state index in [1.165, 1.54) is 23.6 Å². The van der Waals surface area contributed by atoms with E-state index in [9.17, 15) is 4.79 Å². The number of benzene rings is 2. The van der Waals surface area contributed by atoms with Crippen molar-refractivity contribution in [3.05, 3.63) is 99.9 Å². The molecular weight excluding hydrogens is 416 g/mol. The molecule has 5 heteroatoms. The summed E-state index contributed by atoms with van der Waals surface area (Å²) in [7, 11) is 1.38. The number of carbonyl (C=O) groups is 1. The molecule has 28 heavy (non-hydrogen) atoms. The van der Waals surface area contributed by atoms with Gasteiger partial charge in [0.2, 0.25) is 0 Å². The third kappa shape index (κ3) is 3.85. The number of halogens is 1. The minimum absolute atomic E-state index is 0.376. The van der Waals surface area contributed by atoms with E-state index < -0.39 is 0 Å². The van der Waals surface area contributed by atoms with Gasteiger partial charge >= 0.3 is 5.97 Å². The maximum Gasteiger partial charge on any atom is 0.339 e. The molecule has 0 saturated carbocycles. The van der Waals surface area contributed by atoms with E-state index >= 15 is 0 Å². The molecule has 0 N–H and O–H groups in total. The Labute approximate surface area is 171 Å². The lowest BCUT2D eigenvalue weighted by atomic mass is 10.0. The van der Waals surface area contributed by atoms with E-state index in [0.717, 1.165) is 16.6 Å². The van der Waals surface area contributed by atoms with Gasteiger partial charge in [-0.3, -0.25) is 4.98 Å². The van der Waals surface area contributed by atoms with Gasteiger partial charge in [-0.1, -0.05) is 36.4 Å². The van der Waals surface area contributed by atoms with Gasteiger partial charge in [-0.2, -0.15) is 0 Å². The average Bonchev–Trinajstić information content (AvgIpc) is 3.11. The first-order valence-corrected chi connectivity index (χ1v) is 9.78. The van der Waals surface area contributed by atoms with Gasteiger partial charge in [-0.05, 0) is 56.7 Å². The number of methoxy groups -OCH3 is 1. The number of pyridine rings is 1. The van der Waals surface area contributed by atoms with E-state index in [-0.39, 0.29) is 5.97 Å². The minimum atomic E-state index is -0.376. The van der Waals surface area contributed by atoms with Gasteiger partial charge in [0.05, 0.1) is 18.4 Å². The summed E-state index contributed by atoms with van der Waals surface area (Å²) in [5, 5.41) is 1.17. The number of hydrogen-bond acceptors (Lipinski definition) is 3. The first-order valence-electron chi connectivity index (χ1n) is 8.98. The summed E-state index contributed by atoms with van der Waals surface area (Å²) in [6.07, 6.45) is 4.38. The van der Waals surface area contributed by atoms with E-state index in [0.29, 0.717) is 17.7 Å². The van der Waals surface area contributed by atoms with Gasteiger partial charge in [-0.25, -0.2) is 4.79 Å². The summed E-state index contributed by atoms with van der Waals surface area (Å²) in [6, 6.07) is 20.7. The molecule has 0 atom stereocenters. The van der Waals surface area contributed by atoms with Crippen LogP contribution in [0.1, 0.15) is 27.2 Å². The number of ether oxygens (including phenoxy) is 1. The lowest BCUT2D eigenvalue weighted by Gasteiger charge is -2.09. The van der Waals surface area contributed by atoms with Crippen molar-refractivity contribution in [1.82, 2.24) is 9.55 Å². The summed E-state index contributed by atoms with van der Waals surface area (Å²) in [6.45, 7) is 0.838. The molecule has 4 rings (SSSR count). The Morgan fingerprint density at radius 2 is 1.89 bits per heavy atom. The van der Waals surface area contributed by atoms with Crippen LogP contribution in [0, 0.1) is 0 Å². The van der Waals surface area contributed by atoms with Gasteiger partial charge in [0.25, 0.3) is 0 Å². The Balaban J connectivity index is 1.62. The number of fused-ring (bicyclic) bond motifs is 1. The van der Waals surface area contributed by atoms with Crippen LogP contribution >= 0.6 is 15.9 Å². The molecule has 0 aliphatic heterocycles. The smallest absolute Gasteiger partial charge is 0.339 e. The van der Waals surface area contributed by atoms with Crippen LogP contribution in [0.3, 0.4) is 0 Å². The van der Waals surface area contributed by atoms with E-state index in [4.69, 9.17) is 4.74 Å². The van der Waals surface area contributed by atoms with Crippen LogP contribution in [0.4, 0.5) is 0 Å². The largest absolute Gasteiger partial charge is 0.465 e. The van der Waals surface area contributed by atoms with Crippen LogP contribution in [0.15, 0.2) is 77.5 Å². The third-order valence-corrected chi connectivity index (χ3v) is 5.18. The molecule has 0 unspecified atom stereocenters. The average molecular weight is 435 g/mol. The van der Waals surface area contributed by atoms with Crippen LogP contribution < -0.4 is 0 Å². The molecule has 2 aromatic heterocycles. The molecule has 0 fully saturated rings. The van der Waals surface area contributed by atoms with Gasteiger partial charge in [0, 0.05) is 35.3 Å². The molecule has 0 radical (unpaired) electrons. The summed E-state index contributed by atoms with van der Waals surface area (Å²) < 4.78 is 7.89. The van der Waals surface area contributed by atoms with Crippen molar-refractivity contribution in [1.29, 1.82) is 0 Å². The van der Waals surface area contributed by atoms with E-state index in [2.05, 4.69) is 80.2 Å². The fraction of sp³-hybridized carbons (Fsp3) is 0.130. The van der Waals surface area contributed by atoms with Crippen LogP contribution in [0.5, 0.6) is 0 Å². The van der Waals surface area contributed by atoms with Crippen molar-refractivity contribution in [3.8, 4) is 0 Å². The first-order chi connectivity index (χ1) is 13.6. The maximum atomic E-state index is 12.1. The molecule has 0 spiro atoms. The molecular formula is C23H19BrN2O2. The second kappa shape index (κ2) is 7.98. The Kier molecular flexibility index (Phi) is 5.26. The Bertz CT molecular complexity index is 1140. The molecule has 0 bridgehead atoms. The van der Waals surface area contributed by atoms with Crippen molar-refractivity contribution in [2.24, 2.45) is 0 Å².